The molecule has 2 heterocycles. The van der Waals surface area contributed by atoms with Crippen LogP contribution in [0.1, 0.15) is 25.1 Å². The van der Waals surface area contributed by atoms with E-state index in [1.54, 1.807) is 11.3 Å². The molecule has 0 saturated heterocycles. The van der Waals surface area contributed by atoms with Crippen molar-refractivity contribution in [3.05, 3.63) is 52.3 Å². The molecule has 1 N–H and O–H groups in total. The first-order chi connectivity index (χ1) is 10.2. The molecule has 4 heteroatoms. The van der Waals surface area contributed by atoms with Gasteiger partial charge in [-0.3, -0.25) is 4.68 Å². The molecule has 2 aromatic heterocycles. The van der Waals surface area contributed by atoms with Crippen molar-refractivity contribution in [1.29, 1.82) is 0 Å². The number of para-hydroxylation sites is 1. The van der Waals surface area contributed by atoms with E-state index in [9.17, 15) is 0 Å². The smallest absolute Gasteiger partial charge is 0.0841 e. The van der Waals surface area contributed by atoms with Crippen molar-refractivity contribution >= 4 is 22.2 Å². The first kappa shape index (κ1) is 14.3. The molecule has 0 radical (unpaired) electrons. The second-order valence-electron chi connectivity index (χ2n) is 5.60. The number of aromatic nitrogens is 2. The third-order valence-electron chi connectivity index (χ3n) is 3.60. The third-order valence-corrected chi connectivity index (χ3v) is 4.34. The van der Waals surface area contributed by atoms with E-state index in [1.165, 1.54) is 16.5 Å². The molecular formula is C17H21N3S. The van der Waals surface area contributed by atoms with Gasteiger partial charge in [-0.25, -0.2) is 0 Å². The van der Waals surface area contributed by atoms with Gasteiger partial charge >= 0.3 is 0 Å². The average Bonchev–Trinajstić information content (AvgIpc) is 3.11. The van der Waals surface area contributed by atoms with E-state index in [0.717, 1.165) is 25.2 Å². The zero-order chi connectivity index (χ0) is 14.7. The molecule has 0 saturated carbocycles. The van der Waals surface area contributed by atoms with Gasteiger partial charge in [0.25, 0.3) is 0 Å². The number of aryl methyl sites for hydroxylation is 2. The van der Waals surface area contributed by atoms with Crippen LogP contribution in [-0.2, 0) is 19.5 Å². The van der Waals surface area contributed by atoms with Gasteiger partial charge in [0.15, 0.2) is 0 Å². The molecule has 0 aliphatic heterocycles. The molecule has 21 heavy (non-hydrogen) atoms. The summed E-state index contributed by atoms with van der Waals surface area (Å²) in [5.74, 6) is 0. The summed E-state index contributed by atoms with van der Waals surface area (Å²) in [7, 11) is 0. The van der Waals surface area contributed by atoms with Crippen molar-refractivity contribution in [2.45, 2.75) is 39.4 Å². The molecule has 0 aliphatic carbocycles. The Balaban J connectivity index is 1.84. The van der Waals surface area contributed by atoms with E-state index in [1.807, 2.05) is 0 Å². The van der Waals surface area contributed by atoms with Gasteiger partial charge < -0.3 is 5.32 Å². The zero-order valence-electron chi connectivity index (χ0n) is 12.5. The molecule has 0 atom stereocenters. The highest BCUT2D eigenvalue weighted by atomic mass is 32.1. The highest BCUT2D eigenvalue weighted by molar-refractivity contribution is 7.07. The Hall–Kier alpha value is -1.65. The predicted octanol–water partition coefficient (Wildman–Crippen LogP) is 3.84. The topological polar surface area (TPSA) is 29.9 Å². The number of thiophene rings is 1. The molecule has 3 aromatic rings. The second kappa shape index (κ2) is 6.41. The van der Waals surface area contributed by atoms with E-state index >= 15 is 0 Å². The highest BCUT2D eigenvalue weighted by Gasteiger charge is 2.10. The van der Waals surface area contributed by atoms with Crippen LogP contribution in [0.15, 0.2) is 41.1 Å². The summed E-state index contributed by atoms with van der Waals surface area (Å²) >= 11 is 1.76. The van der Waals surface area contributed by atoms with E-state index in [4.69, 9.17) is 5.10 Å². The fourth-order valence-corrected chi connectivity index (χ4v) is 3.17. The number of nitrogens with one attached hydrogen (secondary N) is 1. The van der Waals surface area contributed by atoms with Gasteiger partial charge in [-0.2, -0.15) is 16.4 Å². The number of benzene rings is 1. The van der Waals surface area contributed by atoms with Gasteiger partial charge in [-0.1, -0.05) is 32.0 Å². The summed E-state index contributed by atoms with van der Waals surface area (Å²) in [6.07, 6.45) is 1.03. The van der Waals surface area contributed by atoms with Crippen molar-refractivity contribution in [1.82, 2.24) is 15.1 Å². The number of fused-ring (bicyclic) bond motifs is 1. The minimum atomic E-state index is 0.472. The van der Waals surface area contributed by atoms with Crippen LogP contribution in [0, 0.1) is 0 Å². The van der Waals surface area contributed by atoms with Crippen molar-refractivity contribution in [2.24, 2.45) is 0 Å². The quantitative estimate of drug-likeness (QED) is 0.749. The van der Waals surface area contributed by atoms with E-state index in [-0.39, 0.29) is 0 Å². The summed E-state index contributed by atoms with van der Waals surface area (Å²) in [6.45, 7) is 6.08. The Labute approximate surface area is 129 Å². The molecule has 3 rings (SSSR count). The van der Waals surface area contributed by atoms with E-state index in [0.29, 0.717) is 6.04 Å². The molecule has 0 aliphatic rings. The predicted molar refractivity (Wildman–Crippen MR) is 89.7 cm³/mol. The maximum atomic E-state index is 4.82. The maximum absolute atomic E-state index is 4.82. The molecule has 0 spiro atoms. The lowest BCUT2D eigenvalue weighted by molar-refractivity contribution is 0.564. The summed E-state index contributed by atoms with van der Waals surface area (Å²) in [4.78, 5) is 0. The van der Waals surface area contributed by atoms with E-state index in [2.05, 4.69) is 64.9 Å². The third kappa shape index (κ3) is 3.34. The van der Waals surface area contributed by atoms with Crippen LogP contribution in [0.25, 0.3) is 10.9 Å². The summed E-state index contributed by atoms with van der Waals surface area (Å²) in [6, 6.07) is 11.2. The van der Waals surface area contributed by atoms with Gasteiger partial charge in [-0.15, -0.1) is 0 Å². The molecule has 0 unspecified atom stereocenters. The first-order valence-electron chi connectivity index (χ1n) is 7.43. The molecule has 1 aromatic carbocycles. The lowest BCUT2D eigenvalue weighted by atomic mass is 10.2. The van der Waals surface area contributed by atoms with Crippen LogP contribution in [0.2, 0.25) is 0 Å². The highest BCUT2D eigenvalue weighted by Crippen LogP contribution is 2.19. The van der Waals surface area contributed by atoms with Crippen LogP contribution >= 0.6 is 11.3 Å². The summed E-state index contributed by atoms with van der Waals surface area (Å²) in [5.41, 5.74) is 3.76. The van der Waals surface area contributed by atoms with Crippen molar-refractivity contribution in [3.63, 3.8) is 0 Å². The largest absolute Gasteiger partial charge is 0.309 e. The Bertz CT molecular complexity index is 698. The maximum Gasteiger partial charge on any atom is 0.0841 e. The molecule has 110 valence electrons. The lowest BCUT2D eigenvalue weighted by Gasteiger charge is -2.05. The SMILES string of the molecule is CC(C)NCc1nn(CCc2ccsc2)c2ccccc12. The van der Waals surface area contributed by atoms with Crippen molar-refractivity contribution in [2.75, 3.05) is 0 Å². The monoisotopic (exact) mass is 299 g/mol. The molecule has 0 fully saturated rings. The molecular weight excluding hydrogens is 278 g/mol. The number of nitrogens with zero attached hydrogens (tertiary/aromatic N) is 2. The van der Waals surface area contributed by atoms with E-state index < -0.39 is 0 Å². The first-order valence-corrected chi connectivity index (χ1v) is 8.37. The van der Waals surface area contributed by atoms with Gasteiger partial charge in [0.05, 0.1) is 11.2 Å². The van der Waals surface area contributed by atoms with Gasteiger partial charge in [0.2, 0.25) is 0 Å². The normalized spacial score (nSPS) is 11.6. The lowest BCUT2D eigenvalue weighted by Crippen LogP contribution is -2.22. The van der Waals surface area contributed by atoms with Crippen molar-refractivity contribution in [3.8, 4) is 0 Å². The Kier molecular flexibility index (Phi) is 4.36. The summed E-state index contributed by atoms with van der Waals surface area (Å²) < 4.78 is 2.14. The Morgan fingerprint density at radius 2 is 2.10 bits per heavy atom. The fourth-order valence-electron chi connectivity index (χ4n) is 2.47. The molecule has 0 amide bonds. The van der Waals surface area contributed by atoms with Crippen molar-refractivity contribution < 1.29 is 0 Å². The number of hydrogen-bond acceptors (Lipinski definition) is 3. The Morgan fingerprint density at radius 1 is 1.24 bits per heavy atom. The number of rotatable bonds is 6. The van der Waals surface area contributed by atoms with Gasteiger partial charge in [0, 0.05) is 24.5 Å². The van der Waals surface area contributed by atoms with Crippen LogP contribution in [0.5, 0.6) is 0 Å². The zero-order valence-corrected chi connectivity index (χ0v) is 13.4. The average molecular weight is 299 g/mol. The van der Waals surface area contributed by atoms with Crippen LogP contribution in [0.3, 0.4) is 0 Å². The molecule has 0 bridgehead atoms. The minimum Gasteiger partial charge on any atom is -0.309 e. The molecule has 3 nitrogen and oxygen atoms in total. The fraction of sp³-hybridized carbons (Fsp3) is 0.353. The standard InChI is InChI=1S/C17H21N3S/c1-13(2)18-11-16-15-5-3-4-6-17(15)20(19-16)9-7-14-8-10-21-12-14/h3-6,8,10,12-13,18H,7,9,11H2,1-2H3. The number of hydrogen-bond donors (Lipinski definition) is 1. The van der Waals surface area contributed by atoms with Gasteiger partial charge in [-0.05, 0) is 34.9 Å². The second-order valence-corrected chi connectivity index (χ2v) is 6.38. The Morgan fingerprint density at radius 3 is 2.86 bits per heavy atom. The van der Waals surface area contributed by atoms with Crippen LogP contribution < -0.4 is 5.32 Å². The summed E-state index contributed by atoms with van der Waals surface area (Å²) in [5, 5.41) is 13.9. The van der Waals surface area contributed by atoms with Gasteiger partial charge in [0.1, 0.15) is 0 Å². The van der Waals surface area contributed by atoms with Crippen LogP contribution in [-0.4, -0.2) is 15.8 Å². The minimum absolute atomic E-state index is 0.472. The van der Waals surface area contributed by atoms with Crippen LogP contribution in [0.4, 0.5) is 0 Å².